The first-order valence-electron chi connectivity index (χ1n) is 8.57. The smallest absolute Gasteiger partial charge is 0.230 e. The summed E-state index contributed by atoms with van der Waals surface area (Å²) < 4.78 is 8.73. The Morgan fingerprint density at radius 1 is 1.33 bits per heavy atom. The van der Waals surface area contributed by atoms with E-state index in [4.69, 9.17) is 4.42 Å². The molecule has 0 aliphatic rings. The van der Waals surface area contributed by atoms with Crippen LogP contribution >= 0.6 is 23.1 Å². The molecule has 3 aromatic rings. The fourth-order valence-corrected chi connectivity index (χ4v) is 4.09. The summed E-state index contributed by atoms with van der Waals surface area (Å²) in [5.41, 5.74) is 0.912. The lowest BCUT2D eigenvalue weighted by atomic mass is 9.94. The number of aryl methyl sites for hydroxylation is 1. The van der Waals surface area contributed by atoms with E-state index >= 15 is 0 Å². The van der Waals surface area contributed by atoms with Gasteiger partial charge >= 0.3 is 0 Å². The van der Waals surface area contributed by atoms with E-state index in [0.717, 1.165) is 15.5 Å². The van der Waals surface area contributed by atoms with Crippen molar-refractivity contribution in [2.75, 3.05) is 5.32 Å². The molecule has 0 saturated carbocycles. The summed E-state index contributed by atoms with van der Waals surface area (Å²) in [6.45, 7) is 6.29. The lowest BCUT2D eigenvalue weighted by Crippen LogP contribution is -2.27. The number of nitrogens with zero attached hydrogens (tertiary/aromatic N) is 3. The van der Waals surface area contributed by atoms with Crippen molar-refractivity contribution in [3.63, 3.8) is 0 Å². The number of rotatable bonds is 6. The van der Waals surface area contributed by atoms with Crippen molar-refractivity contribution in [3.8, 4) is 0 Å². The Balaban J connectivity index is 1.52. The molecule has 1 amide bonds. The van der Waals surface area contributed by atoms with Gasteiger partial charge in [-0.05, 0) is 6.07 Å². The monoisotopic (exact) mass is 403 g/mol. The Morgan fingerprint density at radius 2 is 2.15 bits per heavy atom. The summed E-state index contributed by atoms with van der Waals surface area (Å²) >= 11 is 3.05. The van der Waals surface area contributed by atoms with Crippen LogP contribution in [0.3, 0.4) is 0 Å². The standard InChI is InChI=1S/C19H22N4O2S2/c1-19(2,3)14-9-20-16(25-14)12-26-17-10-21-18(27-17)22-15(24)8-13-6-5-7-23(4)11-13/h5-7,9-11H,8,12H2,1-4H3/p+1. The van der Waals surface area contributed by atoms with Crippen LogP contribution in [0.1, 0.15) is 38.0 Å². The molecular weight excluding hydrogens is 380 g/mol. The summed E-state index contributed by atoms with van der Waals surface area (Å²) in [5.74, 6) is 2.13. The lowest BCUT2D eigenvalue weighted by molar-refractivity contribution is -0.671. The molecule has 0 fully saturated rings. The molecule has 0 radical (unpaired) electrons. The average molecular weight is 404 g/mol. The van der Waals surface area contributed by atoms with Gasteiger partial charge in [0.2, 0.25) is 11.8 Å². The van der Waals surface area contributed by atoms with Gasteiger partial charge in [-0.1, -0.05) is 32.1 Å². The number of aromatic nitrogens is 3. The van der Waals surface area contributed by atoms with Crippen molar-refractivity contribution in [2.24, 2.45) is 7.05 Å². The summed E-state index contributed by atoms with van der Waals surface area (Å²) in [4.78, 5) is 20.8. The van der Waals surface area contributed by atoms with Crippen LogP contribution in [0.5, 0.6) is 0 Å². The number of hydrogen-bond donors (Lipinski definition) is 1. The van der Waals surface area contributed by atoms with E-state index in [1.165, 1.54) is 11.3 Å². The second kappa shape index (κ2) is 8.22. The third-order valence-electron chi connectivity index (χ3n) is 3.73. The molecule has 0 spiro atoms. The minimum Gasteiger partial charge on any atom is -0.444 e. The van der Waals surface area contributed by atoms with Crippen LogP contribution in [0, 0.1) is 0 Å². The molecule has 0 aromatic carbocycles. The van der Waals surface area contributed by atoms with E-state index in [2.05, 4.69) is 36.1 Å². The van der Waals surface area contributed by atoms with E-state index < -0.39 is 0 Å². The maximum absolute atomic E-state index is 12.2. The SMILES string of the molecule is C[n+]1cccc(CC(=O)Nc2ncc(SCc3ncc(C(C)(C)C)o3)s2)c1. The maximum atomic E-state index is 12.2. The van der Waals surface area contributed by atoms with E-state index in [1.807, 2.05) is 36.1 Å². The second-order valence-electron chi connectivity index (χ2n) is 7.24. The van der Waals surface area contributed by atoms with E-state index in [0.29, 0.717) is 23.2 Å². The van der Waals surface area contributed by atoms with Crippen LogP contribution in [-0.2, 0) is 29.4 Å². The summed E-state index contributed by atoms with van der Waals surface area (Å²) in [7, 11) is 1.93. The predicted octanol–water partition coefficient (Wildman–Crippen LogP) is 3.73. The summed E-state index contributed by atoms with van der Waals surface area (Å²) in [6, 6.07) is 3.86. The van der Waals surface area contributed by atoms with Gasteiger partial charge in [-0.3, -0.25) is 4.79 Å². The third kappa shape index (κ3) is 5.64. The number of thiazole rings is 1. The van der Waals surface area contributed by atoms with E-state index in [-0.39, 0.29) is 11.3 Å². The number of nitrogens with one attached hydrogen (secondary N) is 1. The van der Waals surface area contributed by atoms with Crippen molar-refractivity contribution in [3.05, 3.63) is 54.1 Å². The number of hydrogen-bond acceptors (Lipinski definition) is 6. The second-order valence-corrected chi connectivity index (χ2v) is 9.55. The molecule has 3 heterocycles. The highest BCUT2D eigenvalue weighted by Gasteiger charge is 2.19. The predicted molar refractivity (Wildman–Crippen MR) is 107 cm³/mol. The molecule has 0 unspecified atom stereocenters. The number of oxazole rings is 1. The first-order chi connectivity index (χ1) is 12.8. The van der Waals surface area contributed by atoms with Gasteiger partial charge in [0.25, 0.3) is 0 Å². The van der Waals surface area contributed by atoms with Gasteiger partial charge in [0.1, 0.15) is 12.8 Å². The summed E-state index contributed by atoms with van der Waals surface area (Å²) in [6.07, 6.45) is 7.75. The van der Waals surface area contributed by atoms with E-state index in [9.17, 15) is 4.79 Å². The molecule has 3 rings (SSSR count). The molecule has 6 nitrogen and oxygen atoms in total. The zero-order chi connectivity index (χ0) is 19.4. The van der Waals surface area contributed by atoms with Gasteiger partial charge in [0.05, 0.1) is 28.8 Å². The van der Waals surface area contributed by atoms with Crippen molar-refractivity contribution in [2.45, 2.75) is 42.6 Å². The third-order valence-corrected chi connectivity index (χ3v) is 5.82. The Hall–Kier alpha value is -2.19. The Labute approximate surface area is 167 Å². The van der Waals surface area contributed by atoms with Crippen LogP contribution in [-0.4, -0.2) is 15.9 Å². The molecule has 27 heavy (non-hydrogen) atoms. The van der Waals surface area contributed by atoms with Gasteiger partial charge in [0, 0.05) is 17.0 Å². The van der Waals surface area contributed by atoms with E-state index in [1.54, 1.807) is 24.2 Å². The quantitative estimate of drug-likeness (QED) is 0.502. The van der Waals surface area contributed by atoms with Crippen LogP contribution in [0.15, 0.2) is 45.5 Å². The Morgan fingerprint density at radius 3 is 2.85 bits per heavy atom. The number of carbonyl (C=O) groups is 1. The molecular formula is C19H23N4O2S2+. The minimum absolute atomic E-state index is 0.0480. The average Bonchev–Trinajstić information content (AvgIpc) is 3.21. The number of anilines is 1. The van der Waals surface area contributed by atoms with Crippen molar-refractivity contribution in [1.29, 1.82) is 0 Å². The zero-order valence-corrected chi connectivity index (χ0v) is 17.5. The fraction of sp³-hybridized carbons (Fsp3) is 0.368. The number of pyridine rings is 1. The largest absolute Gasteiger partial charge is 0.444 e. The Bertz CT molecular complexity index is 928. The van der Waals surface area contributed by atoms with Crippen LogP contribution in [0.25, 0.3) is 0 Å². The Kier molecular flexibility index (Phi) is 5.96. The molecule has 0 atom stereocenters. The first-order valence-corrected chi connectivity index (χ1v) is 10.4. The van der Waals surface area contributed by atoms with Gasteiger partial charge in [-0.2, -0.15) is 0 Å². The lowest BCUT2D eigenvalue weighted by Gasteiger charge is -2.12. The molecule has 0 aliphatic carbocycles. The maximum Gasteiger partial charge on any atom is 0.230 e. The van der Waals surface area contributed by atoms with Crippen molar-refractivity contribution in [1.82, 2.24) is 9.97 Å². The summed E-state index contributed by atoms with van der Waals surface area (Å²) in [5, 5.41) is 3.46. The molecule has 142 valence electrons. The topological polar surface area (TPSA) is 71.9 Å². The van der Waals surface area contributed by atoms with Crippen molar-refractivity contribution < 1.29 is 13.8 Å². The molecule has 0 bridgehead atoms. The number of carbonyl (C=O) groups excluding carboxylic acids is 1. The highest BCUT2D eigenvalue weighted by atomic mass is 32.2. The van der Waals surface area contributed by atoms with Crippen LogP contribution < -0.4 is 9.88 Å². The van der Waals surface area contributed by atoms with Crippen LogP contribution in [0.2, 0.25) is 0 Å². The molecule has 3 aromatic heterocycles. The number of thioether (sulfide) groups is 1. The molecule has 8 heteroatoms. The van der Waals surface area contributed by atoms with Crippen LogP contribution in [0.4, 0.5) is 5.13 Å². The number of amides is 1. The fourth-order valence-electron chi connectivity index (χ4n) is 2.34. The molecule has 1 N–H and O–H groups in total. The normalized spacial score (nSPS) is 11.6. The minimum atomic E-state index is -0.0744. The highest BCUT2D eigenvalue weighted by molar-refractivity contribution is 8.00. The first kappa shape index (κ1) is 19.6. The molecule has 0 saturated heterocycles. The van der Waals surface area contributed by atoms with Gasteiger partial charge in [-0.15, -0.1) is 11.8 Å². The van der Waals surface area contributed by atoms with Gasteiger partial charge in [-0.25, -0.2) is 14.5 Å². The highest BCUT2D eigenvalue weighted by Crippen LogP contribution is 2.31. The van der Waals surface area contributed by atoms with Gasteiger partial charge in [0.15, 0.2) is 17.5 Å². The van der Waals surface area contributed by atoms with Crippen molar-refractivity contribution >= 4 is 34.1 Å². The van der Waals surface area contributed by atoms with Gasteiger partial charge < -0.3 is 9.73 Å². The zero-order valence-electron chi connectivity index (χ0n) is 15.9. The molecule has 0 aliphatic heterocycles.